The maximum atomic E-state index is 10.2. The molecule has 0 bridgehead atoms. The van der Waals surface area contributed by atoms with E-state index in [0.717, 1.165) is 0 Å². The summed E-state index contributed by atoms with van der Waals surface area (Å²) < 4.78 is 0. The average molecular weight is 334 g/mol. The van der Waals surface area contributed by atoms with Gasteiger partial charge in [-0.15, -0.1) is 0 Å². The molecule has 1 rings (SSSR count). The summed E-state index contributed by atoms with van der Waals surface area (Å²) in [6, 6.07) is 8.30. The topological polar surface area (TPSA) is 37.3 Å². The molecule has 1 aromatic carbocycles. The molecule has 0 aliphatic rings. The van der Waals surface area contributed by atoms with Crippen molar-refractivity contribution in [3.63, 3.8) is 0 Å². The van der Waals surface area contributed by atoms with E-state index < -0.39 is 5.97 Å². The summed E-state index contributed by atoms with van der Waals surface area (Å²) in [5.41, 5.74) is 0.331. The minimum atomic E-state index is -0.879. The number of benzene rings is 1. The van der Waals surface area contributed by atoms with Gasteiger partial charge in [-0.3, -0.25) is 0 Å². The number of rotatable bonds is 1. The number of carbonyl (C=O) groups is 1. The molecule has 54 valence electrons. The van der Waals surface area contributed by atoms with Gasteiger partial charge in [0.2, 0.25) is 0 Å². The molecular weight excluding hydrogens is 325 g/mol. The van der Waals surface area contributed by atoms with E-state index >= 15 is 0 Å². The van der Waals surface area contributed by atoms with Gasteiger partial charge in [-0.2, -0.15) is 0 Å². The van der Waals surface area contributed by atoms with Gasteiger partial charge in [-0.1, -0.05) is 18.2 Å². The van der Waals surface area contributed by atoms with E-state index in [9.17, 15) is 4.79 Å². The standard InChI is InChI=1S/C7H6O2.Bi.3H/c8-7(9)6-4-2-1-3-5-6;;;;/h1-5H,(H,8,9);;;;. The van der Waals surface area contributed by atoms with Crippen molar-refractivity contribution in [2.75, 3.05) is 0 Å². The van der Waals surface area contributed by atoms with Crippen LogP contribution in [0.4, 0.5) is 0 Å². The Morgan fingerprint density at radius 3 is 2.00 bits per heavy atom. The number of hydrogen-bond acceptors (Lipinski definition) is 1. The van der Waals surface area contributed by atoms with E-state index in [1.54, 1.807) is 30.3 Å². The van der Waals surface area contributed by atoms with Crippen LogP contribution in [0.1, 0.15) is 10.4 Å². The van der Waals surface area contributed by atoms with Crippen LogP contribution >= 0.6 is 0 Å². The Morgan fingerprint density at radius 2 is 1.70 bits per heavy atom. The van der Waals surface area contributed by atoms with E-state index in [2.05, 4.69) is 0 Å². The Balaban J connectivity index is 0.000000810. The van der Waals surface area contributed by atoms with Crippen LogP contribution in [0, 0.1) is 0 Å². The molecular formula is C7H9BiO2. The fourth-order valence-electron chi connectivity index (χ4n) is 0.581. The van der Waals surface area contributed by atoms with Crippen molar-refractivity contribution in [2.45, 2.75) is 0 Å². The second kappa shape index (κ2) is 4.40. The molecule has 0 radical (unpaired) electrons. The second-order valence-electron chi connectivity index (χ2n) is 1.67. The molecule has 10 heavy (non-hydrogen) atoms. The number of hydrogen-bond donors (Lipinski definition) is 1. The third kappa shape index (κ3) is 2.44. The van der Waals surface area contributed by atoms with Crippen LogP contribution in [0.3, 0.4) is 0 Å². The first-order chi connectivity index (χ1) is 4.30. The molecule has 0 atom stereocenters. The van der Waals surface area contributed by atoms with Crippen LogP contribution < -0.4 is 0 Å². The van der Waals surface area contributed by atoms with Crippen molar-refractivity contribution in [2.24, 2.45) is 0 Å². The third-order valence-corrected chi connectivity index (χ3v) is 1.02. The summed E-state index contributed by atoms with van der Waals surface area (Å²) in [6.07, 6.45) is 0. The zero-order chi connectivity index (χ0) is 6.69. The van der Waals surface area contributed by atoms with E-state index in [-0.39, 0.29) is 26.2 Å². The first-order valence-corrected chi connectivity index (χ1v) is 2.59. The maximum absolute atomic E-state index is 10.2. The molecule has 0 aromatic heterocycles. The zero-order valence-corrected chi connectivity index (χ0v) is 10.9. The monoisotopic (exact) mass is 334 g/mol. The van der Waals surface area contributed by atoms with Crippen molar-refractivity contribution in [1.82, 2.24) is 0 Å². The van der Waals surface area contributed by atoms with Crippen LogP contribution in [0.15, 0.2) is 30.3 Å². The van der Waals surface area contributed by atoms with Gasteiger partial charge in [0.05, 0.1) is 5.56 Å². The molecule has 0 saturated heterocycles. The van der Waals surface area contributed by atoms with Gasteiger partial charge in [0.15, 0.2) is 0 Å². The summed E-state index contributed by atoms with van der Waals surface area (Å²) in [4.78, 5) is 10.2. The Kier molecular flexibility index (Phi) is 4.21. The molecule has 0 aliphatic heterocycles. The average Bonchev–Trinajstić information content (AvgIpc) is 1.90. The van der Waals surface area contributed by atoms with Gasteiger partial charge >= 0.3 is 32.2 Å². The van der Waals surface area contributed by atoms with E-state index in [4.69, 9.17) is 5.11 Å². The predicted molar refractivity (Wildman–Crippen MR) is 43.3 cm³/mol. The van der Waals surface area contributed by atoms with Crippen molar-refractivity contribution in [3.8, 4) is 0 Å². The summed E-state index contributed by atoms with van der Waals surface area (Å²) in [7, 11) is 0. The third-order valence-electron chi connectivity index (χ3n) is 1.02. The molecule has 1 aromatic rings. The van der Waals surface area contributed by atoms with Gasteiger partial charge in [-0.05, 0) is 12.1 Å². The molecule has 2 nitrogen and oxygen atoms in total. The number of aromatic carboxylic acids is 1. The fraction of sp³-hybridized carbons (Fsp3) is 0. The van der Waals surface area contributed by atoms with Gasteiger partial charge in [0.1, 0.15) is 0 Å². The van der Waals surface area contributed by atoms with Crippen LogP contribution in [0.5, 0.6) is 0 Å². The number of carboxylic acid groups (broad SMARTS) is 1. The molecule has 3 heteroatoms. The van der Waals surface area contributed by atoms with Crippen LogP contribution in [-0.2, 0) is 0 Å². The van der Waals surface area contributed by atoms with E-state index in [0.29, 0.717) is 5.56 Å². The molecule has 0 heterocycles. The summed E-state index contributed by atoms with van der Waals surface area (Å²) in [5, 5.41) is 8.38. The Labute approximate surface area is 78.0 Å². The van der Waals surface area contributed by atoms with Gasteiger partial charge in [-0.25, -0.2) is 4.79 Å². The first-order valence-electron chi connectivity index (χ1n) is 2.59. The van der Waals surface area contributed by atoms with Gasteiger partial charge in [0, 0.05) is 0 Å². The van der Waals surface area contributed by atoms with E-state index in [1.807, 2.05) is 0 Å². The quantitative estimate of drug-likeness (QED) is 0.745. The molecule has 0 fully saturated rings. The van der Waals surface area contributed by atoms with Crippen molar-refractivity contribution >= 4 is 32.2 Å². The summed E-state index contributed by atoms with van der Waals surface area (Å²) >= 11 is 0. The zero-order valence-electron chi connectivity index (χ0n) is 5.45. The second-order valence-corrected chi connectivity index (χ2v) is 1.67. The number of carboxylic acids is 1. The van der Waals surface area contributed by atoms with Crippen molar-refractivity contribution < 1.29 is 9.90 Å². The predicted octanol–water partition coefficient (Wildman–Crippen LogP) is 0.201. The Bertz CT molecular complexity index is 208. The molecule has 0 saturated carbocycles. The van der Waals surface area contributed by atoms with Crippen LogP contribution in [0.25, 0.3) is 0 Å². The first kappa shape index (κ1) is 9.57. The van der Waals surface area contributed by atoms with Crippen molar-refractivity contribution in [1.29, 1.82) is 0 Å². The minimum absolute atomic E-state index is 0. The van der Waals surface area contributed by atoms with E-state index in [1.165, 1.54) is 0 Å². The van der Waals surface area contributed by atoms with Crippen LogP contribution in [-0.4, -0.2) is 37.3 Å². The van der Waals surface area contributed by atoms with Gasteiger partial charge < -0.3 is 5.11 Å². The molecule has 1 N–H and O–H groups in total. The SMILES string of the molecule is O=C(O)c1ccccc1.[BiH3]. The summed E-state index contributed by atoms with van der Waals surface area (Å²) in [5.74, 6) is -0.879. The molecule has 0 unspecified atom stereocenters. The summed E-state index contributed by atoms with van der Waals surface area (Å²) in [6.45, 7) is 0. The van der Waals surface area contributed by atoms with Gasteiger partial charge in [0.25, 0.3) is 0 Å². The Morgan fingerprint density at radius 1 is 1.20 bits per heavy atom. The van der Waals surface area contributed by atoms with Crippen molar-refractivity contribution in [3.05, 3.63) is 35.9 Å². The molecule has 0 amide bonds. The van der Waals surface area contributed by atoms with Crippen LogP contribution in [0.2, 0.25) is 0 Å². The molecule has 0 spiro atoms. The Hall–Kier alpha value is -0.427. The fourth-order valence-corrected chi connectivity index (χ4v) is 0.581. The molecule has 0 aliphatic carbocycles. The normalized spacial score (nSPS) is 8.00.